The van der Waals surface area contributed by atoms with Crippen molar-refractivity contribution < 1.29 is 0 Å². The summed E-state index contributed by atoms with van der Waals surface area (Å²) in [5.74, 6) is 0.697. The Hall–Kier alpha value is -6.26. The van der Waals surface area contributed by atoms with Crippen molar-refractivity contribution in [2.75, 3.05) is 0 Å². The number of para-hydroxylation sites is 1. The van der Waals surface area contributed by atoms with E-state index in [2.05, 4.69) is 119 Å². The third kappa shape index (κ3) is 5.23. The van der Waals surface area contributed by atoms with Crippen LogP contribution in [0.15, 0.2) is 170 Å². The Morgan fingerprint density at radius 1 is 0.326 bits per heavy atom. The normalized spacial score (nSPS) is 11.0. The van der Waals surface area contributed by atoms with Gasteiger partial charge in [-0.3, -0.25) is 9.97 Å². The van der Waals surface area contributed by atoms with E-state index < -0.39 is 0 Å². The number of aromatic nitrogens is 4. The van der Waals surface area contributed by atoms with Crippen LogP contribution >= 0.6 is 0 Å². The second-order valence-corrected chi connectivity index (χ2v) is 11.1. The molecule has 0 spiro atoms. The molecule has 0 saturated heterocycles. The second-order valence-electron chi connectivity index (χ2n) is 11.1. The maximum atomic E-state index is 5.15. The van der Waals surface area contributed by atoms with E-state index >= 15 is 0 Å². The fourth-order valence-electron chi connectivity index (χ4n) is 5.99. The highest BCUT2D eigenvalue weighted by Crippen LogP contribution is 2.35. The van der Waals surface area contributed by atoms with Crippen LogP contribution in [0, 0.1) is 0 Å². The monoisotopic (exact) mass is 588 g/mol. The van der Waals surface area contributed by atoms with Gasteiger partial charge in [-0.2, -0.15) is 0 Å². The van der Waals surface area contributed by atoms with E-state index in [-0.39, 0.29) is 0 Å². The van der Waals surface area contributed by atoms with Gasteiger partial charge in [0.15, 0.2) is 5.82 Å². The average molecular weight is 589 g/mol. The molecule has 0 saturated carbocycles. The maximum Gasteiger partial charge on any atom is 0.160 e. The summed E-state index contributed by atoms with van der Waals surface area (Å²) in [5, 5.41) is 1.02. The summed E-state index contributed by atoms with van der Waals surface area (Å²) in [6, 6.07) is 54.2. The van der Waals surface area contributed by atoms with Crippen molar-refractivity contribution in [2.45, 2.75) is 0 Å². The van der Waals surface area contributed by atoms with Gasteiger partial charge in [0, 0.05) is 40.0 Å². The zero-order valence-electron chi connectivity index (χ0n) is 25.0. The molecule has 3 aromatic heterocycles. The third-order valence-corrected chi connectivity index (χ3v) is 8.26. The molecular weight excluding hydrogens is 560 g/mol. The highest BCUT2D eigenvalue weighted by molar-refractivity contribution is 5.94. The van der Waals surface area contributed by atoms with Gasteiger partial charge in [-0.15, -0.1) is 0 Å². The Balaban J connectivity index is 1.16. The number of fused-ring (bicyclic) bond motifs is 1. The molecular formula is C42H28N4. The number of nitrogens with zero attached hydrogens (tertiary/aromatic N) is 4. The quantitative estimate of drug-likeness (QED) is 0.194. The lowest BCUT2D eigenvalue weighted by atomic mass is 9.95. The first-order valence-corrected chi connectivity index (χ1v) is 15.3. The first-order valence-electron chi connectivity index (χ1n) is 15.3. The zero-order valence-corrected chi connectivity index (χ0v) is 25.0. The van der Waals surface area contributed by atoms with Crippen LogP contribution in [0.25, 0.3) is 78.3 Å². The lowest BCUT2D eigenvalue weighted by Crippen LogP contribution is -1.95. The van der Waals surface area contributed by atoms with Gasteiger partial charge in [0.25, 0.3) is 0 Å². The molecule has 0 atom stereocenters. The second kappa shape index (κ2) is 12.0. The van der Waals surface area contributed by atoms with Crippen LogP contribution in [0.4, 0.5) is 0 Å². The van der Waals surface area contributed by atoms with Crippen LogP contribution in [0.1, 0.15) is 0 Å². The van der Waals surface area contributed by atoms with Crippen molar-refractivity contribution in [2.24, 2.45) is 0 Å². The molecule has 8 rings (SSSR count). The van der Waals surface area contributed by atoms with E-state index in [0.29, 0.717) is 5.82 Å². The fourth-order valence-corrected chi connectivity index (χ4v) is 5.99. The Morgan fingerprint density at radius 2 is 0.783 bits per heavy atom. The van der Waals surface area contributed by atoms with Gasteiger partial charge in [0.05, 0.1) is 22.6 Å². The topological polar surface area (TPSA) is 51.6 Å². The van der Waals surface area contributed by atoms with E-state index in [0.717, 1.165) is 72.5 Å². The minimum Gasteiger partial charge on any atom is -0.256 e. The number of hydrogen-bond donors (Lipinski definition) is 0. The summed E-state index contributed by atoms with van der Waals surface area (Å²) >= 11 is 0. The lowest BCUT2D eigenvalue weighted by Gasteiger charge is -2.13. The highest BCUT2D eigenvalue weighted by atomic mass is 14.9. The summed E-state index contributed by atoms with van der Waals surface area (Å²) in [6.07, 6.45) is 3.67. The summed E-state index contributed by atoms with van der Waals surface area (Å²) in [5.41, 5.74) is 12.5. The molecule has 5 aromatic carbocycles. The van der Waals surface area contributed by atoms with Crippen molar-refractivity contribution in [3.8, 4) is 67.4 Å². The van der Waals surface area contributed by atoms with Gasteiger partial charge in [-0.05, 0) is 52.6 Å². The molecule has 0 aliphatic heterocycles. The molecule has 0 aliphatic rings. The van der Waals surface area contributed by atoms with E-state index in [1.54, 1.807) is 0 Å². The Bertz CT molecular complexity index is 2280. The highest BCUT2D eigenvalue weighted by Gasteiger charge is 2.14. The van der Waals surface area contributed by atoms with E-state index in [9.17, 15) is 0 Å². The first-order chi connectivity index (χ1) is 22.8. The van der Waals surface area contributed by atoms with Gasteiger partial charge in [-0.25, -0.2) is 9.97 Å². The predicted molar refractivity (Wildman–Crippen MR) is 188 cm³/mol. The molecule has 0 radical (unpaired) electrons. The molecule has 0 unspecified atom stereocenters. The third-order valence-electron chi connectivity index (χ3n) is 8.26. The molecule has 3 heterocycles. The van der Waals surface area contributed by atoms with E-state index in [1.165, 1.54) is 0 Å². The van der Waals surface area contributed by atoms with Gasteiger partial charge in [-0.1, -0.05) is 127 Å². The van der Waals surface area contributed by atoms with Gasteiger partial charge < -0.3 is 0 Å². The van der Waals surface area contributed by atoms with Gasteiger partial charge in [0.1, 0.15) is 0 Å². The minimum atomic E-state index is 0.697. The fraction of sp³-hybridized carbons (Fsp3) is 0. The van der Waals surface area contributed by atoms with Crippen LogP contribution in [-0.4, -0.2) is 19.9 Å². The van der Waals surface area contributed by atoms with Crippen LogP contribution in [0.3, 0.4) is 0 Å². The zero-order chi connectivity index (χ0) is 30.7. The van der Waals surface area contributed by atoms with Crippen LogP contribution in [0.2, 0.25) is 0 Å². The molecule has 0 fully saturated rings. The lowest BCUT2D eigenvalue weighted by molar-refractivity contribution is 1.23. The molecule has 0 aliphatic carbocycles. The van der Waals surface area contributed by atoms with Gasteiger partial charge in [0.2, 0.25) is 0 Å². The van der Waals surface area contributed by atoms with Crippen molar-refractivity contribution >= 4 is 10.9 Å². The Labute approximate surface area is 267 Å². The number of benzene rings is 5. The van der Waals surface area contributed by atoms with Crippen LogP contribution < -0.4 is 0 Å². The number of rotatable bonds is 6. The average Bonchev–Trinajstić information content (AvgIpc) is 3.15. The van der Waals surface area contributed by atoms with Crippen LogP contribution in [0.5, 0.6) is 0 Å². The Morgan fingerprint density at radius 3 is 1.33 bits per heavy atom. The molecule has 216 valence electrons. The number of hydrogen-bond acceptors (Lipinski definition) is 4. The van der Waals surface area contributed by atoms with Crippen molar-refractivity contribution in [1.82, 2.24) is 19.9 Å². The number of pyridine rings is 2. The molecule has 0 N–H and O–H groups in total. The summed E-state index contributed by atoms with van der Waals surface area (Å²) < 4.78 is 0. The summed E-state index contributed by atoms with van der Waals surface area (Å²) in [4.78, 5) is 19.3. The summed E-state index contributed by atoms with van der Waals surface area (Å²) in [7, 11) is 0. The SMILES string of the molecule is c1ccc(-c2ccccc2-c2ccc(-c3nc(-c4ccc(-c5ccccc5-c5ccccn5)cc4)c4ccccc4n3)cc2)nc1. The summed E-state index contributed by atoms with van der Waals surface area (Å²) in [6.45, 7) is 0. The largest absolute Gasteiger partial charge is 0.256 e. The van der Waals surface area contributed by atoms with Crippen molar-refractivity contribution in [3.63, 3.8) is 0 Å². The van der Waals surface area contributed by atoms with Gasteiger partial charge >= 0.3 is 0 Å². The molecule has 0 amide bonds. The van der Waals surface area contributed by atoms with Crippen molar-refractivity contribution in [3.05, 3.63) is 170 Å². The van der Waals surface area contributed by atoms with E-state index in [1.807, 2.05) is 60.9 Å². The standard InChI is InChI=1S/C42H28N4/c1-3-13-35(38-16-7-9-27-43-38)33(11-1)29-19-23-31(24-20-29)41-37-15-5-6-18-40(37)45-42(46-41)32-25-21-30(22-26-32)34-12-2-4-14-36(34)39-17-8-10-28-44-39/h1-28H. The molecule has 4 nitrogen and oxygen atoms in total. The van der Waals surface area contributed by atoms with Crippen LogP contribution in [-0.2, 0) is 0 Å². The predicted octanol–water partition coefficient (Wildman–Crippen LogP) is 10.4. The molecule has 0 bridgehead atoms. The smallest absolute Gasteiger partial charge is 0.160 e. The maximum absolute atomic E-state index is 5.15. The molecule has 4 heteroatoms. The molecule has 8 aromatic rings. The molecule has 46 heavy (non-hydrogen) atoms. The van der Waals surface area contributed by atoms with E-state index in [4.69, 9.17) is 9.97 Å². The first kappa shape index (κ1) is 27.3. The van der Waals surface area contributed by atoms with Crippen molar-refractivity contribution in [1.29, 1.82) is 0 Å². The Kier molecular flexibility index (Phi) is 7.14. The minimum absolute atomic E-state index is 0.697.